The highest BCUT2D eigenvalue weighted by Gasteiger charge is 2.23. The molecule has 0 atom stereocenters. The first-order valence-corrected chi connectivity index (χ1v) is 11.1. The second-order valence-corrected chi connectivity index (χ2v) is 7.68. The summed E-state index contributed by atoms with van der Waals surface area (Å²) >= 11 is 0. The third-order valence-corrected chi connectivity index (χ3v) is 5.35. The van der Waals surface area contributed by atoms with Crippen molar-refractivity contribution in [1.29, 1.82) is 0 Å². The van der Waals surface area contributed by atoms with Gasteiger partial charge >= 0.3 is 0 Å². The van der Waals surface area contributed by atoms with Crippen LogP contribution in [0.25, 0.3) is 0 Å². The number of rotatable bonds is 19. The second-order valence-electron chi connectivity index (χ2n) is 7.68. The standard InChI is InChI=1S/C23H47N/c1-5-9-12-13-14-15-16-17-18-19-22-24-23(8-4,20-10-6-2)21-11-7-3/h8,24H,4-7,9-22H2,1-3H3. The largest absolute Gasteiger partial charge is 0.308 e. The molecular weight excluding hydrogens is 290 g/mol. The van der Waals surface area contributed by atoms with E-state index in [-0.39, 0.29) is 5.54 Å². The van der Waals surface area contributed by atoms with Crippen molar-refractivity contribution in [2.75, 3.05) is 6.54 Å². The molecule has 1 nitrogen and oxygen atoms in total. The molecule has 0 aromatic heterocycles. The molecule has 0 saturated heterocycles. The maximum absolute atomic E-state index is 4.15. The van der Waals surface area contributed by atoms with Gasteiger partial charge in [0, 0.05) is 5.54 Å². The van der Waals surface area contributed by atoms with Crippen LogP contribution < -0.4 is 5.32 Å². The molecule has 0 heterocycles. The van der Waals surface area contributed by atoms with Gasteiger partial charge in [-0.25, -0.2) is 0 Å². The van der Waals surface area contributed by atoms with E-state index in [9.17, 15) is 0 Å². The van der Waals surface area contributed by atoms with Crippen LogP contribution in [0.15, 0.2) is 12.7 Å². The van der Waals surface area contributed by atoms with E-state index in [1.54, 1.807) is 0 Å². The third-order valence-electron chi connectivity index (χ3n) is 5.35. The summed E-state index contributed by atoms with van der Waals surface area (Å²) in [5, 5.41) is 3.86. The Hall–Kier alpha value is -0.300. The SMILES string of the molecule is C=CC(CCCC)(CCCC)NCCCCCCCCCCCC. The van der Waals surface area contributed by atoms with E-state index >= 15 is 0 Å². The highest BCUT2D eigenvalue weighted by molar-refractivity contribution is 5.02. The predicted molar refractivity (Wildman–Crippen MR) is 112 cm³/mol. The van der Waals surface area contributed by atoms with E-state index in [4.69, 9.17) is 0 Å². The molecule has 0 fully saturated rings. The summed E-state index contributed by atoms with van der Waals surface area (Å²) < 4.78 is 0. The molecule has 0 amide bonds. The van der Waals surface area contributed by atoms with E-state index in [0.717, 1.165) is 6.54 Å². The van der Waals surface area contributed by atoms with E-state index in [2.05, 4.69) is 38.7 Å². The Balaban J connectivity index is 3.73. The van der Waals surface area contributed by atoms with Crippen LogP contribution in [0, 0.1) is 0 Å². The summed E-state index contributed by atoms with van der Waals surface area (Å²) in [5.74, 6) is 0. The number of hydrogen-bond donors (Lipinski definition) is 1. The Morgan fingerprint density at radius 1 is 0.625 bits per heavy atom. The van der Waals surface area contributed by atoms with Crippen molar-refractivity contribution in [1.82, 2.24) is 5.32 Å². The molecule has 24 heavy (non-hydrogen) atoms. The van der Waals surface area contributed by atoms with Crippen molar-refractivity contribution in [3.05, 3.63) is 12.7 Å². The molecule has 0 aromatic rings. The van der Waals surface area contributed by atoms with Crippen LogP contribution in [0.5, 0.6) is 0 Å². The lowest BCUT2D eigenvalue weighted by Crippen LogP contribution is -2.43. The molecular formula is C23H47N. The van der Waals surface area contributed by atoms with Gasteiger partial charge in [-0.05, 0) is 25.8 Å². The molecule has 1 N–H and O–H groups in total. The Kier molecular flexibility index (Phi) is 17.3. The van der Waals surface area contributed by atoms with Gasteiger partial charge in [-0.2, -0.15) is 0 Å². The molecule has 0 spiro atoms. The van der Waals surface area contributed by atoms with Crippen molar-refractivity contribution in [2.24, 2.45) is 0 Å². The average Bonchev–Trinajstić information content (AvgIpc) is 2.61. The second kappa shape index (κ2) is 17.5. The van der Waals surface area contributed by atoms with Crippen LogP contribution in [0.4, 0.5) is 0 Å². The molecule has 144 valence electrons. The lowest BCUT2D eigenvalue weighted by molar-refractivity contribution is 0.329. The molecule has 0 unspecified atom stereocenters. The first kappa shape index (κ1) is 23.7. The first-order chi connectivity index (χ1) is 11.7. The van der Waals surface area contributed by atoms with Crippen molar-refractivity contribution in [3.8, 4) is 0 Å². The quantitative estimate of drug-likeness (QED) is 0.187. The van der Waals surface area contributed by atoms with Crippen LogP contribution in [-0.4, -0.2) is 12.1 Å². The first-order valence-electron chi connectivity index (χ1n) is 11.1. The van der Waals surface area contributed by atoms with Gasteiger partial charge in [-0.15, -0.1) is 6.58 Å². The summed E-state index contributed by atoms with van der Waals surface area (Å²) in [4.78, 5) is 0. The fourth-order valence-corrected chi connectivity index (χ4v) is 3.51. The highest BCUT2D eigenvalue weighted by atomic mass is 15.0. The highest BCUT2D eigenvalue weighted by Crippen LogP contribution is 2.23. The van der Waals surface area contributed by atoms with Crippen LogP contribution in [0.2, 0.25) is 0 Å². The van der Waals surface area contributed by atoms with Gasteiger partial charge < -0.3 is 5.32 Å². The fraction of sp³-hybridized carbons (Fsp3) is 0.913. The summed E-state index contributed by atoms with van der Waals surface area (Å²) in [5.41, 5.74) is 0.200. The summed E-state index contributed by atoms with van der Waals surface area (Å²) in [6, 6.07) is 0. The molecule has 0 aliphatic rings. The fourth-order valence-electron chi connectivity index (χ4n) is 3.51. The van der Waals surface area contributed by atoms with Crippen molar-refractivity contribution < 1.29 is 0 Å². The molecule has 0 aliphatic carbocycles. The molecule has 0 aromatic carbocycles. The Morgan fingerprint density at radius 2 is 1.04 bits per heavy atom. The van der Waals surface area contributed by atoms with Crippen molar-refractivity contribution >= 4 is 0 Å². The monoisotopic (exact) mass is 337 g/mol. The van der Waals surface area contributed by atoms with Crippen LogP contribution in [0.3, 0.4) is 0 Å². The molecule has 1 heteroatoms. The van der Waals surface area contributed by atoms with Gasteiger partial charge in [0.25, 0.3) is 0 Å². The average molecular weight is 338 g/mol. The van der Waals surface area contributed by atoms with Crippen molar-refractivity contribution in [3.63, 3.8) is 0 Å². The zero-order valence-electron chi connectivity index (χ0n) is 17.3. The molecule has 0 aliphatic heterocycles. The summed E-state index contributed by atoms with van der Waals surface area (Å²) in [6.07, 6.45) is 24.0. The normalized spacial score (nSPS) is 11.8. The van der Waals surface area contributed by atoms with Crippen LogP contribution in [-0.2, 0) is 0 Å². The Bertz CT molecular complexity index is 251. The molecule has 0 saturated carbocycles. The van der Waals surface area contributed by atoms with E-state index in [1.807, 2.05) is 0 Å². The minimum atomic E-state index is 0.200. The van der Waals surface area contributed by atoms with Crippen molar-refractivity contribution in [2.45, 2.75) is 129 Å². The number of nitrogens with one attached hydrogen (secondary N) is 1. The number of unbranched alkanes of at least 4 members (excludes halogenated alkanes) is 11. The minimum absolute atomic E-state index is 0.200. The zero-order chi connectivity index (χ0) is 17.9. The lowest BCUT2D eigenvalue weighted by Gasteiger charge is -2.32. The van der Waals surface area contributed by atoms with Crippen LogP contribution >= 0.6 is 0 Å². The third kappa shape index (κ3) is 13.0. The summed E-state index contributed by atoms with van der Waals surface area (Å²) in [7, 11) is 0. The van der Waals surface area contributed by atoms with E-state index in [1.165, 1.54) is 103 Å². The predicted octanol–water partition coefficient (Wildman–Crippen LogP) is 7.80. The van der Waals surface area contributed by atoms with E-state index in [0.29, 0.717) is 0 Å². The topological polar surface area (TPSA) is 12.0 Å². The lowest BCUT2D eigenvalue weighted by atomic mass is 9.87. The van der Waals surface area contributed by atoms with Crippen LogP contribution in [0.1, 0.15) is 124 Å². The minimum Gasteiger partial charge on any atom is -0.308 e. The maximum atomic E-state index is 4.15. The maximum Gasteiger partial charge on any atom is 0.0361 e. The van der Waals surface area contributed by atoms with Gasteiger partial charge in [0.1, 0.15) is 0 Å². The molecule has 0 rings (SSSR count). The van der Waals surface area contributed by atoms with Gasteiger partial charge in [0.05, 0.1) is 0 Å². The Morgan fingerprint density at radius 3 is 1.46 bits per heavy atom. The molecule has 0 bridgehead atoms. The van der Waals surface area contributed by atoms with Gasteiger partial charge in [-0.3, -0.25) is 0 Å². The van der Waals surface area contributed by atoms with Gasteiger partial charge in [0.2, 0.25) is 0 Å². The van der Waals surface area contributed by atoms with Gasteiger partial charge in [-0.1, -0.05) is 110 Å². The molecule has 0 radical (unpaired) electrons. The summed E-state index contributed by atoms with van der Waals surface area (Å²) in [6.45, 7) is 12.2. The number of hydrogen-bond acceptors (Lipinski definition) is 1. The zero-order valence-corrected chi connectivity index (χ0v) is 17.3. The van der Waals surface area contributed by atoms with E-state index < -0.39 is 0 Å². The Labute approximate surface area is 154 Å². The smallest absolute Gasteiger partial charge is 0.0361 e. The van der Waals surface area contributed by atoms with Gasteiger partial charge in [0.15, 0.2) is 0 Å².